The molecule has 0 unspecified atom stereocenters. The summed E-state index contributed by atoms with van der Waals surface area (Å²) in [5.74, 6) is 0. The Balaban J connectivity index is 2.08. The van der Waals surface area contributed by atoms with Crippen LogP contribution in [0.15, 0.2) is 18.3 Å². The van der Waals surface area contributed by atoms with Gasteiger partial charge < -0.3 is 9.30 Å². The molecule has 2 heterocycles. The van der Waals surface area contributed by atoms with Crippen LogP contribution in [0.4, 0.5) is 0 Å². The summed E-state index contributed by atoms with van der Waals surface area (Å²) < 4.78 is 9.09. The van der Waals surface area contributed by atoms with Gasteiger partial charge in [0.2, 0.25) is 0 Å². The van der Waals surface area contributed by atoms with Crippen LogP contribution in [0.5, 0.6) is 0 Å². The van der Waals surface area contributed by atoms with E-state index >= 15 is 0 Å². The second kappa shape index (κ2) is 6.11. The highest BCUT2D eigenvalue weighted by Crippen LogP contribution is 2.23. The molecular formula is C13H18ClIN2OSi. The van der Waals surface area contributed by atoms with E-state index in [1.807, 2.05) is 6.07 Å². The van der Waals surface area contributed by atoms with Crippen LogP contribution in [0.25, 0.3) is 10.9 Å². The molecule has 0 spiro atoms. The molecule has 0 amide bonds. The smallest absolute Gasteiger partial charge is 0.131 e. The summed E-state index contributed by atoms with van der Waals surface area (Å²) >= 11 is 8.27. The third-order valence-electron chi connectivity index (χ3n) is 2.92. The number of halogens is 2. The molecule has 0 atom stereocenters. The largest absolute Gasteiger partial charge is 0.361 e. The molecule has 0 bridgehead atoms. The Hall–Kier alpha value is -0.113. The second-order valence-electron chi connectivity index (χ2n) is 5.81. The predicted octanol–water partition coefficient (Wildman–Crippen LogP) is 4.61. The van der Waals surface area contributed by atoms with E-state index in [0.717, 1.165) is 21.2 Å². The van der Waals surface area contributed by atoms with E-state index in [4.69, 9.17) is 16.3 Å². The Morgan fingerprint density at radius 1 is 1.37 bits per heavy atom. The van der Waals surface area contributed by atoms with Gasteiger partial charge in [0.25, 0.3) is 0 Å². The fraction of sp³-hybridized carbons (Fsp3) is 0.462. The average Bonchev–Trinajstić information content (AvgIpc) is 2.59. The van der Waals surface area contributed by atoms with Crippen molar-refractivity contribution in [3.63, 3.8) is 0 Å². The van der Waals surface area contributed by atoms with E-state index in [-0.39, 0.29) is 0 Å². The molecule has 0 aromatic carbocycles. The highest BCUT2D eigenvalue weighted by atomic mass is 127. The molecule has 2 rings (SSSR count). The van der Waals surface area contributed by atoms with Crippen molar-refractivity contribution in [2.75, 3.05) is 6.61 Å². The minimum absolute atomic E-state index is 0.519. The lowest BCUT2D eigenvalue weighted by molar-refractivity contribution is 0.0887. The summed E-state index contributed by atoms with van der Waals surface area (Å²) in [6, 6.07) is 5.17. The maximum absolute atomic E-state index is 5.96. The Morgan fingerprint density at radius 2 is 2.11 bits per heavy atom. The van der Waals surface area contributed by atoms with Crippen LogP contribution in [-0.4, -0.2) is 24.2 Å². The highest BCUT2D eigenvalue weighted by molar-refractivity contribution is 14.1. The summed E-state index contributed by atoms with van der Waals surface area (Å²) in [5.41, 5.74) is 1.08. The first-order chi connectivity index (χ1) is 8.87. The molecule has 6 heteroatoms. The Morgan fingerprint density at radius 3 is 2.79 bits per heavy atom. The second-order valence-corrected chi connectivity index (χ2v) is 12.9. The fourth-order valence-corrected chi connectivity index (χ4v) is 3.41. The number of nitrogens with zero attached hydrogens (tertiary/aromatic N) is 2. The van der Waals surface area contributed by atoms with Crippen LogP contribution in [0, 0.1) is 3.70 Å². The minimum Gasteiger partial charge on any atom is -0.361 e. The van der Waals surface area contributed by atoms with Crippen LogP contribution in [-0.2, 0) is 11.5 Å². The number of pyridine rings is 1. The first kappa shape index (κ1) is 15.3. The maximum atomic E-state index is 5.96. The molecule has 0 fully saturated rings. The number of hydrogen-bond acceptors (Lipinski definition) is 2. The third-order valence-corrected chi connectivity index (χ3v) is 5.72. The molecular weight excluding hydrogens is 391 g/mol. The molecule has 0 aliphatic rings. The van der Waals surface area contributed by atoms with Crippen LogP contribution >= 0.6 is 34.2 Å². The van der Waals surface area contributed by atoms with Crippen LogP contribution in [0.2, 0.25) is 30.8 Å². The summed E-state index contributed by atoms with van der Waals surface area (Å²) in [6.45, 7) is 8.47. The molecule has 0 radical (unpaired) electrons. The molecule has 3 nitrogen and oxygen atoms in total. The van der Waals surface area contributed by atoms with Crippen molar-refractivity contribution in [2.45, 2.75) is 32.4 Å². The number of ether oxygens (including phenoxy) is 1. The highest BCUT2D eigenvalue weighted by Gasteiger charge is 2.13. The van der Waals surface area contributed by atoms with Gasteiger partial charge in [-0.15, -0.1) is 0 Å². The molecule has 0 aliphatic heterocycles. The average molecular weight is 409 g/mol. The van der Waals surface area contributed by atoms with E-state index in [1.165, 1.54) is 6.04 Å². The van der Waals surface area contributed by atoms with E-state index in [9.17, 15) is 0 Å². The zero-order valence-corrected chi connectivity index (χ0v) is 15.3. The van der Waals surface area contributed by atoms with Crippen molar-refractivity contribution in [3.05, 3.63) is 27.2 Å². The van der Waals surface area contributed by atoms with Crippen molar-refractivity contribution in [2.24, 2.45) is 0 Å². The lowest BCUT2D eigenvalue weighted by atomic mass is 10.3. The van der Waals surface area contributed by atoms with Gasteiger partial charge in [0.1, 0.15) is 11.9 Å². The van der Waals surface area contributed by atoms with Crippen molar-refractivity contribution in [1.29, 1.82) is 0 Å². The van der Waals surface area contributed by atoms with Crippen LogP contribution in [0.3, 0.4) is 0 Å². The molecule has 0 N–H and O–H groups in total. The normalized spacial score (nSPS) is 12.3. The van der Waals surface area contributed by atoms with Gasteiger partial charge in [-0.2, -0.15) is 0 Å². The quantitative estimate of drug-likeness (QED) is 0.313. The first-order valence-electron chi connectivity index (χ1n) is 6.25. The lowest BCUT2D eigenvalue weighted by Gasteiger charge is -2.16. The van der Waals surface area contributed by atoms with Crippen molar-refractivity contribution < 1.29 is 4.74 Å². The molecule has 0 saturated carbocycles. The maximum Gasteiger partial charge on any atom is 0.131 e. The zero-order valence-electron chi connectivity index (χ0n) is 11.4. The number of hydrogen-bond donors (Lipinski definition) is 0. The van der Waals surface area contributed by atoms with Gasteiger partial charge >= 0.3 is 0 Å². The van der Waals surface area contributed by atoms with E-state index in [1.54, 1.807) is 6.20 Å². The van der Waals surface area contributed by atoms with Crippen molar-refractivity contribution >= 4 is 53.2 Å². The topological polar surface area (TPSA) is 27.1 Å². The molecule has 2 aromatic heterocycles. The number of fused-ring (bicyclic) bond motifs is 1. The molecule has 104 valence electrons. The Kier molecular flexibility index (Phi) is 4.92. The summed E-state index contributed by atoms with van der Waals surface area (Å²) in [5, 5.41) is 1.62. The molecule has 0 aliphatic carbocycles. The van der Waals surface area contributed by atoms with Crippen molar-refractivity contribution in [3.8, 4) is 0 Å². The standard InChI is InChI=1S/C13H18ClIN2OSi/c1-19(2,3)5-4-18-9-17-11-7-12(14)16-8-10(11)6-13(17)15/h6-8H,4-5,9H2,1-3H3. The number of aromatic nitrogens is 2. The summed E-state index contributed by atoms with van der Waals surface area (Å²) in [4.78, 5) is 4.10. The van der Waals surface area contributed by atoms with Crippen LogP contribution in [0.1, 0.15) is 0 Å². The SMILES string of the molecule is C[Si](C)(C)CCOCn1c(I)cc2cnc(Cl)cc21. The van der Waals surface area contributed by atoms with Gasteiger partial charge in [-0.1, -0.05) is 31.2 Å². The third kappa shape index (κ3) is 4.17. The number of rotatable bonds is 5. The van der Waals surface area contributed by atoms with E-state index in [2.05, 4.69) is 57.8 Å². The van der Waals surface area contributed by atoms with Gasteiger partial charge in [-0.3, -0.25) is 0 Å². The minimum atomic E-state index is -1.02. The Bertz CT molecular complexity index is 580. The van der Waals surface area contributed by atoms with Crippen molar-refractivity contribution in [1.82, 2.24) is 9.55 Å². The Labute approximate surface area is 133 Å². The molecule has 0 saturated heterocycles. The van der Waals surface area contributed by atoms with Gasteiger partial charge in [-0.25, -0.2) is 4.98 Å². The zero-order chi connectivity index (χ0) is 14.0. The lowest BCUT2D eigenvalue weighted by Crippen LogP contribution is -2.22. The molecule has 19 heavy (non-hydrogen) atoms. The van der Waals surface area contributed by atoms with Gasteiger partial charge in [0, 0.05) is 26.3 Å². The predicted molar refractivity (Wildman–Crippen MR) is 91.6 cm³/mol. The van der Waals surface area contributed by atoms with E-state index < -0.39 is 8.07 Å². The van der Waals surface area contributed by atoms with Gasteiger partial charge in [0.05, 0.1) is 9.22 Å². The summed E-state index contributed by atoms with van der Waals surface area (Å²) in [7, 11) is -1.02. The first-order valence-corrected chi connectivity index (χ1v) is 11.4. The van der Waals surface area contributed by atoms with Crippen LogP contribution < -0.4 is 0 Å². The van der Waals surface area contributed by atoms with Gasteiger partial charge in [-0.05, 0) is 40.8 Å². The fourth-order valence-electron chi connectivity index (χ4n) is 1.76. The summed E-state index contributed by atoms with van der Waals surface area (Å²) in [6.07, 6.45) is 1.80. The van der Waals surface area contributed by atoms with E-state index in [0.29, 0.717) is 11.9 Å². The monoisotopic (exact) mass is 408 g/mol. The molecule has 2 aromatic rings. The van der Waals surface area contributed by atoms with Gasteiger partial charge in [0.15, 0.2) is 0 Å².